The predicted octanol–water partition coefficient (Wildman–Crippen LogP) is 3.33. The molecule has 0 saturated carbocycles. The molecule has 2 aromatic carbocycles. The molecule has 0 aliphatic carbocycles. The summed E-state index contributed by atoms with van der Waals surface area (Å²) >= 11 is 0. The lowest BCUT2D eigenvalue weighted by Gasteiger charge is -2.33. The zero-order chi connectivity index (χ0) is 24.0. The van der Waals surface area contributed by atoms with Gasteiger partial charge in [0.05, 0.1) is 26.5 Å². The minimum atomic E-state index is -4.14. The van der Waals surface area contributed by atoms with E-state index in [2.05, 4.69) is 5.32 Å². The maximum atomic E-state index is 13.7. The minimum absolute atomic E-state index is 0.0695. The average molecular weight is 475 g/mol. The Morgan fingerprint density at radius 3 is 2.36 bits per heavy atom. The van der Waals surface area contributed by atoms with Crippen molar-refractivity contribution in [3.63, 3.8) is 0 Å². The highest BCUT2D eigenvalue weighted by Crippen LogP contribution is 2.45. The summed E-state index contributed by atoms with van der Waals surface area (Å²) in [4.78, 5) is 12.8. The summed E-state index contributed by atoms with van der Waals surface area (Å²) in [6, 6.07) is 12.6. The first-order valence-electron chi connectivity index (χ1n) is 10.7. The number of hydrogen-bond donors (Lipinski definition) is 1. The van der Waals surface area contributed by atoms with Crippen molar-refractivity contribution in [3.8, 4) is 11.5 Å². The van der Waals surface area contributed by atoms with Gasteiger partial charge in [0, 0.05) is 31.4 Å². The summed E-state index contributed by atoms with van der Waals surface area (Å²) in [5.41, 5.74) is 2.18. The molecule has 0 atom stereocenters. The fourth-order valence-electron chi connectivity index (χ4n) is 3.74. The van der Waals surface area contributed by atoms with Crippen LogP contribution in [0.1, 0.15) is 31.4 Å². The van der Waals surface area contributed by atoms with Gasteiger partial charge < -0.3 is 19.5 Å². The van der Waals surface area contributed by atoms with Crippen LogP contribution in [0, 0.1) is 0 Å². The van der Waals surface area contributed by atoms with Gasteiger partial charge in [0.25, 0.3) is 15.9 Å². The first-order chi connectivity index (χ1) is 15.8. The van der Waals surface area contributed by atoms with Crippen LogP contribution in [0.2, 0.25) is 0 Å². The number of benzene rings is 2. The Morgan fingerprint density at radius 2 is 1.73 bits per heavy atom. The van der Waals surface area contributed by atoms with Crippen molar-refractivity contribution >= 4 is 27.2 Å². The number of fused-ring (bicyclic) bond motifs is 1. The monoisotopic (exact) mass is 474 g/mol. The van der Waals surface area contributed by atoms with Gasteiger partial charge in [0.2, 0.25) is 0 Å². The molecule has 1 heterocycles. The van der Waals surface area contributed by atoms with E-state index in [-0.39, 0.29) is 11.4 Å². The van der Waals surface area contributed by atoms with E-state index in [4.69, 9.17) is 14.2 Å². The first-order valence-corrected chi connectivity index (χ1v) is 12.2. The molecule has 0 unspecified atom stereocenters. The van der Waals surface area contributed by atoms with Gasteiger partial charge in [-0.25, -0.2) is 8.42 Å². The van der Waals surface area contributed by atoms with Crippen LogP contribution < -0.4 is 19.1 Å². The lowest BCUT2D eigenvalue weighted by atomic mass is 10.0. The summed E-state index contributed by atoms with van der Waals surface area (Å²) in [6.45, 7) is 4.98. The minimum Gasteiger partial charge on any atom is -0.493 e. The smallest absolute Gasteiger partial charge is 0.270 e. The Balaban J connectivity index is 2.08. The van der Waals surface area contributed by atoms with Gasteiger partial charge in [-0.1, -0.05) is 30.3 Å². The second-order valence-corrected chi connectivity index (χ2v) is 9.28. The van der Waals surface area contributed by atoms with Gasteiger partial charge in [-0.15, -0.1) is 0 Å². The van der Waals surface area contributed by atoms with Crippen molar-refractivity contribution in [1.29, 1.82) is 0 Å². The van der Waals surface area contributed by atoms with E-state index < -0.39 is 15.9 Å². The lowest BCUT2D eigenvalue weighted by Crippen LogP contribution is -2.41. The van der Waals surface area contributed by atoms with Gasteiger partial charge in [0.15, 0.2) is 16.4 Å². The highest BCUT2D eigenvalue weighted by atomic mass is 32.2. The summed E-state index contributed by atoms with van der Waals surface area (Å²) in [7, 11) is -1.14. The van der Waals surface area contributed by atoms with Gasteiger partial charge in [-0.2, -0.15) is 0 Å². The standard InChI is InChI=1S/C24H30N2O6S/c1-5-32-13-9-12-25-24(27)23-17(2)19-14-21(30-3)22(31-4)15-20(19)26(33(23,28)29)16-18-10-7-6-8-11-18/h6-8,10-11,14-15H,5,9,12-13,16H2,1-4H3,(H,25,27). The number of ether oxygens (including phenoxy) is 3. The molecule has 0 aromatic heterocycles. The van der Waals surface area contributed by atoms with E-state index in [0.29, 0.717) is 54.5 Å². The molecule has 1 N–H and O–H groups in total. The van der Waals surface area contributed by atoms with Crippen molar-refractivity contribution in [3.05, 3.63) is 58.5 Å². The number of anilines is 1. The molecule has 0 bridgehead atoms. The maximum Gasteiger partial charge on any atom is 0.270 e. The van der Waals surface area contributed by atoms with E-state index in [1.54, 1.807) is 19.1 Å². The number of nitrogens with one attached hydrogen (secondary N) is 1. The number of carbonyl (C=O) groups is 1. The fraction of sp³-hybridized carbons (Fsp3) is 0.375. The third-order valence-electron chi connectivity index (χ3n) is 5.39. The first kappa shape index (κ1) is 24.6. The topological polar surface area (TPSA) is 94.2 Å². The Kier molecular flexibility index (Phi) is 7.99. The van der Waals surface area contributed by atoms with Crippen LogP contribution in [0.25, 0.3) is 5.57 Å². The predicted molar refractivity (Wildman–Crippen MR) is 128 cm³/mol. The van der Waals surface area contributed by atoms with Crippen molar-refractivity contribution < 1.29 is 27.4 Å². The number of nitrogens with zero attached hydrogens (tertiary/aromatic N) is 1. The quantitative estimate of drug-likeness (QED) is 0.531. The molecule has 33 heavy (non-hydrogen) atoms. The molecule has 3 rings (SSSR count). The molecule has 1 amide bonds. The molecule has 0 spiro atoms. The van der Waals surface area contributed by atoms with Gasteiger partial charge in [-0.05, 0) is 37.5 Å². The fourth-order valence-corrected chi connectivity index (χ4v) is 5.49. The summed E-state index contributed by atoms with van der Waals surface area (Å²) in [5, 5.41) is 2.73. The van der Waals surface area contributed by atoms with Crippen LogP contribution in [0.4, 0.5) is 5.69 Å². The third-order valence-corrected chi connectivity index (χ3v) is 7.31. The Hall–Kier alpha value is -3.04. The van der Waals surface area contributed by atoms with Crippen LogP contribution in [0.15, 0.2) is 47.4 Å². The van der Waals surface area contributed by atoms with Crippen molar-refractivity contribution in [1.82, 2.24) is 5.32 Å². The van der Waals surface area contributed by atoms with Crippen molar-refractivity contribution in [2.45, 2.75) is 26.8 Å². The second kappa shape index (κ2) is 10.7. The molecular formula is C24H30N2O6S. The van der Waals surface area contributed by atoms with Gasteiger partial charge in [0.1, 0.15) is 0 Å². The van der Waals surface area contributed by atoms with E-state index >= 15 is 0 Å². The number of carbonyl (C=O) groups excluding carboxylic acids is 1. The summed E-state index contributed by atoms with van der Waals surface area (Å²) in [6.07, 6.45) is 0.585. The van der Waals surface area contributed by atoms with Gasteiger partial charge >= 0.3 is 0 Å². The molecule has 1 aliphatic heterocycles. The van der Waals surface area contributed by atoms with Crippen LogP contribution in [0.5, 0.6) is 11.5 Å². The maximum absolute atomic E-state index is 13.7. The number of methoxy groups -OCH3 is 2. The van der Waals surface area contributed by atoms with Crippen LogP contribution in [-0.4, -0.2) is 48.3 Å². The second-order valence-electron chi connectivity index (χ2n) is 7.48. The number of rotatable bonds is 10. The highest BCUT2D eigenvalue weighted by Gasteiger charge is 2.40. The van der Waals surface area contributed by atoms with E-state index in [1.165, 1.54) is 18.5 Å². The SMILES string of the molecule is CCOCCCNC(=O)C1=C(C)c2cc(OC)c(OC)cc2N(Cc2ccccc2)S1(=O)=O. The zero-order valence-electron chi connectivity index (χ0n) is 19.4. The molecule has 0 fully saturated rings. The normalized spacial score (nSPS) is 14.6. The molecule has 2 aromatic rings. The Labute approximate surface area is 195 Å². The summed E-state index contributed by atoms with van der Waals surface area (Å²) < 4.78 is 44.8. The number of allylic oxidation sites excluding steroid dienone is 1. The Bertz CT molecular complexity index is 1130. The molecule has 8 nitrogen and oxygen atoms in total. The molecular weight excluding hydrogens is 444 g/mol. The molecule has 1 aliphatic rings. The van der Waals surface area contributed by atoms with Crippen LogP contribution in [-0.2, 0) is 26.1 Å². The van der Waals surface area contributed by atoms with Crippen LogP contribution in [0.3, 0.4) is 0 Å². The number of sulfonamides is 1. The van der Waals surface area contributed by atoms with E-state index in [0.717, 1.165) is 5.56 Å². The molecule has 9 heteroatoms. The van der Waals surface area contributed by atoms with Crippen molar-refractivity contribution in [2.24, 2.45) is 0 Å². The lowest BCUT2D eigenvalue weighted by molar-refractivity contribution is -0.116. The van der Waals surface area contributed by atoms with Crippen molar-refractivity contribution in [2.75, 3.05) is 38.3 Å². The van der Waals surface area contributed by atoms with E-state index in [9.17, 15) is 13.2 Å². The zero-order valence-corrected chi connectivity index (χ0v) is 20.2. The van der Waals surface area contributed by atoms with Crippen LogP contribution >= 0.6 is 0 Å². The van der Waals surface area contributed by atoms with E-state index in [1.807, 2.05) is 37.3 Å². The van der Waals surface area contributed by atoms with Gasteiger partial charge in [-0.3, -0.25) is 9.10 Å². The molecule has 178 valence electrons. The molecule has 0 radical (unpaired) electrons. The summed E-state index contributed by atoms with van der Waals surface area (Å²) in [5.74, 6) is 0.217. The highest BCUT2D eigenvalue weighted by molar-refractivity contribution is 7.97. The average Bonchev–Trinajstić information content (AvgIpc) is 2.81. The Morgan fingerprint density at radius 1 is 1.06 bits per heavy atom. The largest absolute Gasteiger partial charge is 0.493 e. The number of hydrogen-bond acceptors (Lipinski definition) is 6. The third kappa shape index (κ3) is 5.15. The molecule has 0 saturated heterocycles. The number of amides is 1.